The smallest absolute Gasteiger partial charge is 0.131 e. The molecule has 1 aromatic heterocycles. The first-order chi connectivity index (χ1) is 8.26. The van der Waals surface area contributed by atoms with Crippen molar-refractivity contribution < 1.29 is 0 Å². The van der Waals surface area contributed by atoms with Crippen LogP contribution < -0.4 is 10.6 Å². The van der Waals surface area contributed by atoms with Gasteiger partial charge >= 0.3 is 0 Å². The molecule has 0 spiro atoms. The monoisotopic (exact) mass is 303 g/mol. The summed E-state index contributed by atoms with van der Waals surface area (Å²) < 4.78 is 0. The fourth-order valence-corrected chi connectivity index (χ4v) is 3.33. The Morgan fingerprint density at radius 2 is 1.84 bits per heavy atom. The highest BCUT2D eigenvalue weighted by Crippen LogP contribution is 2.30. The predicted octanol–water partition coefficient (Wildman–Crippen LogP) is 3.88. The summed E-state index contributed by atoms with van der Waals surface area (Å²) >= 11 is 5.91. The maximum atomic E-state index is 5.91. The molecule has 3 nitrogen and oxygen atoms in total. The summed E-state index contributed by atoms with van der Waals surface area (Å²) in [7, 11) is 0. The zero-order chi connectivity index (χ0) is 13.4. The van der Waals surface area contributed by atoms with Crippen molar-refractivity contribution in [1.29, 1.82) is 0 Å². The number of piperidine rings is 1. The molecule has 2 N–H and O–H groups in total. The molecule has 19 heavy (non-hydrogen) atoms. The molecule has 0 bridgehead atoms. The molecule has 108 valence electrons. The third-order valence-electron chi connectivity index (χ3n) is 3.29. The third-order valence-corrected chi connectivity index (χ3v) is 3.49. The van der Waals surface area contributed by atoms with Gasteiger partial charge in [0.2, 0.25) is 0 Å². The minimum atomic E-state index is 0. The number of halogens is 2. The number of anilines is 1. The van der Waals surface area contributed by atoms with E-state index in [-0.39, 0.29) is 23.5 Å². The van der Waals surface area contributed by atoms with Gasteiger partial charge in [-0.3, -0.25) is 0 Å². The normalized spacial score (nSPS) is 21.5. The van der Waals surface area contributed by atoms with Crippen LogP contribution in [0.15, 0.2) is 18.3 Å². The lowest BCUT2D eigenvalue weighted by Crippen LogP contribution is -2.60. The largest absolute Gasteiger partial charge is 0.382 e. The molecule has 1 fully saturated rings. The van der Waals surface area contributed by atoms with Crippen LogP contribution in [0.3, 0.4) is 0 Å². The number of rotatable bonds is 2. The minimum Gasteiger partial charge on any atom is -0.382 e. The fourth-order valence-electron chi connectivity index (χ4n) is 3.15. The Kier molecular flexibility index (Phi) is 5.10. The number of nitrogens with zero attached hydrogens (tertiary/aromatic N) is 1. The predicted molar refractivity (Wildman–Crippen MR) is 84.4 cm³/mol. The van der Waals surface area contributed by atoms with E-state index in [0.717, 1.165) is 18.5 Å². The van der Waals surface area contributed by atoms with Gasteiger partial charge in [0, 0.05) is 29.0 Å². The van der Waals surface area contributed by atoms with E-state index in [4.69, 9.17) is 11.6 Å². The lowest BCUT2D eigenvalue weighted by molar-refractivity contribution is 0.170. The first kappa shape index (κ1) is 16.5. The second kappa shape index (κ2) is 5.86. The van der Waals surface area contributed by atoms with Gasteiger partial charge in [-0.15, -0.1) is 12.4 Å². The Labute approximate surface area is 126 Å². The summed E-state index contributed by atoms with van der Waals surface area (Å²) in [4.78, 5) is 4.00. The van der Waals surface area contributed by atoms with Crippen LogP contribution in [-0.4, -0.2) is 22.1 Å². The van der Waals surface area contributed by atoms with Crippen LogP contribution in [-0.2, 0) is 0 Å². The first-order valence-electron chi connectivity index (χ1n) is 6.43. The van der Waals surface area contributed by atoms with Gasteiger partial charge in [-0.2, -0.15) is 0 Å². The molecular weight excluding hydrogens is 281 g/mol. The van der Waals surface area contributed by atoms with Crippen molar-refractivity contribution in [1.82, 2.24) is 10.3 Å². The fraction of sp³-hybridized carbons (Fsp3) is 0.643. The Morgan fingerprint density at radius 3 is 2.37 bits per heavy atom. The summed E-state index contributed by atoms with van der Waals surface area (Å²) in [5.41, 5.74) is 1.35. The molecule has 0 atom stereocenters. The van der Waals surface area contributed by atoms with E-state index in [1.54, 1.807) is 6.20 Å². The number of aromatic nitrogens is 1. The number of pyridine rings is 1. The van der Waals surface area contributed by atoms with Gasteiger partial charge in [0.15, 0.2) is 0 Å². The van der Waals surface area contributed by atoms with Crippen molar-refractivity contribution >= 4 is 29.7 Å². The van der Waals surface area contributed by atoms with Crippen molar-refractivity contribution in [3.05, 3.63) is 23.5 Å². The van der Waals surface area contributed by atoms with Crippen LogP contribution in [0.5, 0.6) is 0 Å². The SMILES string of the molecule is CC1(C)CC(Nc2ccnc(Cl)c2)CC(C)(C)N1.Cl. The number of hydrogen-bond donors (Lipinski definition) is 2. The van der Waals surface area contributed by atoms with Gasteiger partial charge in [0.25, 0.3) is 0 Å². The van der Waals surface area contributed by atoms with Crippen molar-refractivity contribution in [2.45, 2.75) is 57.7 Å². The Bertz CT molecular complexity index is 416. The second-order valence-electron chi connectivity index (χ2n) is 6.51. The van der Waals surface area contributed by atoms with Gasteiger partial charge < -0.3 is 10.6 Å². The van der Waals surface area contributed by atoms with Crippen LogP contribution >= 0.6 is 24.0 Å². The zero-order valence-electron chi connectivity index (χ0n) is 12.0. The quantitative estimate of drug-likeness (QED) is 0.814. The van der Waals surface area contributed by atoms with Crippen LogP contribution in [0.25, 0.3) is 0 Å². The van der Waals surface area contributed by atoms with Crippen LogP contribution in [0.2, 0.25) is 5.15 Å². The van der Waals surface area contributed by atoms with E-state index in [2.05, 4.69) is 43.3 Å². The highest BCUT2D eigenvalue weighted by atomic mass is 35.5. The van der Waals surface area contributed by atoms with Crippen molar-refractivity contribution in [3.63, 3.8) is 0 Å². The maximum absolute atomic E-state index is 5.91. The molecule has 0 amide bonds. The summed E-state index contributed by atoms with van der Waals surface area (Å²) in [6, 6.07) is 4.30. The molecule has 0 aromatic carbocycles. The lowest BCUT2D eigenvalue weighted by atomic mass is 9.79. The molecule has 0 aliphatic carbocycles. The van der Waals surface area contributed by atoms with E-state index in [1.165, 1.54) is 0 Å². The lowest BCUT2D eigenvalue weighted by Gasteiger charge is -2.46. The molecule has 1 aliphatic heterocycles. The van der Waals surface area contributed by atoms with Gasteiger partial charge in [-0.05, 0) is 52.7 Å². The second-order valence-corrected chi connectivity index (χ2v) is 6.90. The average molecular weight is 304 g/mol. The molecule has 0 unspecified atom stereocenters. The van der Waals surface area contributed by atoms with Crippen LogP contribution in [0.1, 0.15) is 40.5 Å². The van der Waals surface area contributed by atoms with Gasteiger partial charge in [-0.1, -0.05) is 11.6 Å². The first-order valence-corrected chi connectivity index (χ1v) is 6.81. The zero-order valence-corrected chi connectivity index (χ0v) is 13.5. The average Bonchev–Trinajstić information content (AvgIpc) is 2.11. The van der Waals surface area contributed by atoms with Crippen molar-refractivity contribution in [2.75, 3.05) is 5.32 Å². The summed E-state index contributed by atoms with van der Waals surface area (Å²) in [6.07, 6.45) is 3.93. The Morgan fingerprint density at radius 1 is 1.26 bits per heavy atom. The summed E-state index contributed by atoms with van der Waals surface area (Å²) in [5.74, 6) is 0. The summed E-state index contributed by atoms with van der Waals surface area (Å²) in [5, 5.41) is 7.78. The third kappa shape index (κ3) is 4.83. The number of hydrogen-bond acceptors (Lipinski definition) is 3. The summed E-state index contributed by atoms with van der Waals surface area (Å²) in [6.45, 7) is 9.01. The standard InChI is InChI=1S/C14H22ClN3.ClH/c1-13(2)8-11(9-14(3,4)18-13)17-10-5-6-16-12(15)7-10;/h5-7,11,18H,8-9H2,1-4H3,(H,16,17);1H. The molecule has 2 heterocycles. The molecule has 1 aliphatic rings. The maximum Gasteiger partial charge on any atom is 0.131 e. The van der Waals surface area contributed by atoms with E-state index in [0.29, 0.717) is 11.2 Å². The van der Waals surface area contributed by atoms with Gasteiger partial charge in [0.05, 0.1) is 0 Å². The molecule has 5 heteroatoms. The van der Waals surface area contributed by atoms with E-state index in [9.17, 15) is 0 Å². The van der Waals surface area contributed by atoms with Gasteiger partial charge in [-0.25, -0.2) is 4.98 Å². The highest BCUT2D eigenvalue weighted by Gasteiger charge is 2.37. The van der Waals surface area contributed by atoms with Gasteiger partial charge in [0.1, 0.15) is 5.15 Å². The van der Waals surface area contributed by atoms with E-state index >= 15 is 0 Å². The molecule has 0 radical (unpaired) electrons. The van der Waals surface area contributed by atoms with Crippen LogP contribution in [0, 0.1) is 0 Å². The van der Waals surface area contributed by atoms with E-state index in [1.807, 2.05) is 12.1 Å². The molecule has 0 saturated carbocycles. The Hall–Kier alpha value is -0.510. The molecule has 1 aromatic rings. The minimum absolute atomic E-state index is 0. The van der Waals surface area contributed by atoms with Crippen molar-refractivity contribution in [2.24, 2.45) is 0 Å². The van der Waals surface area contributed by atoms with Crippen LogP contribution in [0.4, 0.5) is 5.69 Å². The topological polar surface area (TPSA) is 37.0 Å². The molecular formula is C14H23Cl2N3. The Balaban J connectivity index is 0.00000180. The van der Waals surface area contributed by atoms with Crippen molar-refractivity contribution in [3.8, 4) is 0 Å². The van der Waals surface area contributed by atoms with E-state index < -0.39 is 0 Å². The molecule has 1 saturated heterocycles. The number of nitrogens with one attached hydrogen (secondary N) is 2. The molecule has 2 rings (SSSR count). The highest BCUT2D eigenvalue weighted by molar-refractivity contribution is 6.29.